The molecule has 0 spiro atoms. The van der Waals surface area contributed by atoms with Crippen LogP contribution in [0.4, 0.5) is 4.39 Å². The maximum atomic E-state index is 13.5. The largest absolute Gasteiger partial charge is 0.494 e. The second kappa shape index (κ2) is 7.41. The van der Waals surface area contributed by atoms with E-state index in [0.29, 0.717) is 23.7 Å². The summed E-state index contributed by atoms with van der Waals surface area (Å²) in [5.41, 5.74) is 1.45. The summed E-state index contributed by atoms with van der Waals surface area (Å²) in [6.07, 6.45) is -0.707. The van der Waals surface area contributed by atoms with Crippen LogP contribution in [0.15, 0.2) is 42.5 Å². The molecule has 2 aromatic rings. The van der Waals surface area contributed by atoms with E-state index in [9.17, 15) is 9.50 Å². The van der Waals surface area contributed by atoms with Gasteiger partial charge in [0.2, 0.25) is 0 Å². The van der Waals surface area contributed by atoms with Crippen molar-refractivity contribution in [2.45, 2.75) is 12.6 Å². The Kier molecular flexibility index (Phi) is 5.56. The van der Waals surface area contributed by atoms with Crippen molar-refractivity contribution in [3.8, 4) is 5.75 Å². The van der Waals surface area contributed by atoms with Crippen LogP contribution in [0.5, 0.6) is 5.75 Å². The molecule has 3 nitrogen and oxygen atoms in total. The van der Waals surface area contributed by atoms with Crippen molar-refractivity contribution in [1.82, 2.24) is 5.32 Å². The molecule has 21 heavy (non-hydrogen) atoms. The first kappa shape index (κ1) is 15.8. The first-order valence-electron chi connectivity index (χ1n) is 6.57. The number of nitrogens with one attached hydrogen (secondary N) is 1. The van der Waals surface area contributed by atoms with Gasteiger partial charge in [0.1, 0.15) is 0 Å². The van der Waals surface area contributed by atoms with Crippen molar-refractivity contribution < 1.29 is 14.2 Å². The van der Waals surface area contributed by atoms with Crippen LogP contribution in [-0.4, -0.2) is 18.8 Å². The third-order valence-corrected chi connectivity index (χ3v) is 3.49. The SMILES string of the molecule is COc1ccc(CNCC(O)c2ccccc2Cl)cc1F. The second-order valence-electron chi connectivity index (χ2n) is 4.64. The standard InChI is InChI=1S/C16H17ClFNO2/c1-21-16-7-6-11(8-14(16)18)9-19-10-15(20)12-4-2-3-5-13(12)17/h2-8,15,19-20H,9-10H2,1H3. The maximum absolute atomic E-state index is 13.5. The smallest absolute Gasteiger partial charge is 0.165 e. The van der Waals surface area contributed by atoms with Gasteiger partial charge in [-0.1, -0.05) is 35.9 Å². The van der Waals surface area contributed by atoms with E-state index in [-0.39, 0.29) is 5.75 Å². The van der Waals surface area contributed by atoms with Crippen molar-refractivity contribution in [2.75, 3.05) is 13.7 Å². The lowest BCUT2D eigenvalue weighted by Crippen LogP contribution is -2.21. The molecule has 0 heterocycles. The van der Waals surface area contributed by atoms with E-state index >= 15 is 0 Å². The van der Waals surface area contributed by atoms with Gasteiger partial charge in [0.25, 0.3) is 0 Å². The average molecular weight is 310 g/mol. The van der Waals surface area contributed by atoms with E-state index in [0.717, 1.165) is 5.56 Å². The van der Waals surface area contributed by atoms with E-state index < -0.39 is 11.9 Å². The third-order valence-electron chi connectivity index (χ3n) is 3.15. The van der Waals surface area contributed by atoms with Crippen molar-refractivity contribution in [3.63, 3.8) is 0 Å². The van der Waals surface area contributed by atoms with Crippen LogP contribution in [0.3, 0.4) is 0 Å². The lowest BCUT2D eigenvalue weighted by molar-refractivity contribution is 0.174. The number of aliphatic hydroxyl groups excluding tert-OH is 1. The minimum absolute atomic E-state index is 0.217. The molecule has 0 aliphatic heterocycles. The molecule has 0 bridgehead atoms. The molecule has 1 atom stereocenters. The summed E-state index contributed by atoms with van der Waals surface area (Å²) in [5.74, 6) is -0.182. The van der Waals surface area contributed by atoms with Gasteiger partial charge in [-0.2, -0.15) is 0 Å². The molecule has 2 aromatic carbocycles. The molecule has 0 aliphatic carbocycles. The fourth-order valence-electron chi connectivity index (χ4n) is 2.03. The Bertz CT molecular complexity index is 607. The first-order chi connectivity index (χ1) is 10.1. The first-order valence-corrected chi connectivity index (χ1v) is 6.95. The highest BCUT2D eigenvalue weighted by Crippen LogP contribution is 2.22. The summed E-state index contributed by atoms with van der Waals surface area (Å²) in [5, 5.41) is 13.7. The average Bonchev–Trinajstić information content (AvgIpc) is 2.48. The molecule has 2 rings (SSSR count). The van der Waals surface area contributed by atoms with Gasteiger partial charge in [-0.25, -0.2) is 4.39 Å². The molecular formula is C16H17ClFNO2. The Hall–Kier alpha value is -1.62. The second-order valence-corrected chi connectivity index (χ2v) is 5.04. The number of hydrogen-bond acceptors (Lipinski definition) is 3. The Morgan fingerprint density at radius 1 is 1.29 bits per heavy atom. The molecule has 0 amide bonds. The number of benzene rings is 2. The summed E-state index contributed by atoms with van der Waals surface area (Å²) in [4.78, 5) is 0. The normalized spacial score (nSPS) is 12.2. The highest BCUT2D eigenvalue weighted by atomic mass is 35.5. The maximum Gasteiger partial charge on any atom is 0.165 e. The summed E-state index contributed by atoms with van der Waals surface area (Å²) in [6.45, 7) is 0.778. The Labute approximate surface area is 128 Å². The zero-order valence-electron chi connectivity index (χ0n) is 11.6. The van der Waals surface area contributed by atoms with Crippen LogP contribution in [0.25, 0.3) is 0 Å². The monoisotopic (exact) mass is 309 g/mol. The zero-order valence-corrected chi connectivity index (χ0v) is 12.4. The van der Waals surface area contributed by atoms with Gasteiger partial charge in [-0.05, 0) is 23.8 Å². The summed E-state index contributed by atoms with van der Waals surface area (Å²) < 4.78 is 18.4. The van der Waals surface area contributed by atoms with Crippen LogP contribution in [-0.2, 0) is 6.54 Å². The molecule has 1 unspecified atom stereocenters. The topological polar surface area (TPSA) is 41.5 Å². The predicted octanol–water partition coefficient (Wildman–Crippen LogP) is 3.31. The molecule has 0 aromatic heterocycles. The fraction of sp³-hybridized carbons (Fsp3) is 0.250. The fourth-order valence-corrected chi connectivity index (χ4v) is 2.29. The van der Waals surface area contributed by atoms with Crippen molar-refractivity contribution in [3.05, 3.63) is 64.4 Å². The molecule has 0 radical (unpaired) electrons. The van der Waals surface area contributed by atoms with Gasteiger partial charge < -0.3 is 15.2 Å². The molecule has 0 saturated carbocycles. The Morgan fingerprint density at radius 3 is 2.71 bits per heavy atom. The van der Waals surface area contributed by atoms with Crippen LogP contribution >= 0.6 is 11.6 Å². The van der Waals surface area contributed by atoms with Gasteiger partial charge in [-0.3, -0.25) is 0 Å². The van der Waals surface area contributed by atoms with Crippen LogP contribution in [0.2, 0.25) is 5.02 Å². The number of methoxy groups -OCH3 is 1. The lowest BCUT2D eigenvalue weighted by atomic mass is 10.1. The van der Waals surface area contributed by atoms with Crippen molar-refractivity contribution in [1.29, 1.82) is 0 Å². The number of halogens is 2. The van der Waals surface area contributed by atoms with Crippen molar-refractivity contribution in [2.24, 2.45) is 0 Å². The molecular weight excluding hydrogens is 293 g/mol. The molecule has 0 saturated heterocycles. The predicted molar refractivity (Wildman–Crippen MR) is 81.1 cm³/mol. The van der Waals surface area contributed by atoms with Gasteiger partial charge in [0, 0.05) is 23.7 Å². The van der Waals surface area contributed by atoms with E-state index in [2.05, 4.69) is 5.32 Å². The van der Waals surface area contributed by atoms with Gasteiger partial charge in [0.05, 0.1) is 13.2 Å². The lowest BCUT2D eigenvalue weighted by Gasteiger charge is -2.14. The minimum atomic E-state index is -0.707. The molecule has 0 aliphatic rings. The summed E-state index contributed by atoms with van der Waals surface area (Å²) in [7, 11) is 1.43. The summed E-state index contributed by atoms with van der Waals surface area (Å²) >= 11 is 6.02. The van der Waals surface area contributed by atoms with E-state index in [1.54, 1.807) is 24.3 Å². The van der Waals surface area contributed by atoms with Crippen LogP contribution in [0.1, 0.15) is 17.2 Å². The zero-order chi connectivity index (χ0) is 15.2. The number of ether oxygens (including phenoxy) is 1. The highest BCUT2D eigenvalue weighted by Gasteiger charge is 2.10. The molecule has 2 N–H and O–H groups in total. The Morgan fingerprint density at radius 2 is 2.05 bits per heavy atom. The van der Waals surface area contributed by atoms with Crippen LogP contribution in [0, 0.1) is 5.82 Å². The third kappa shape index (κ3) is 4.17. The molecule has 112 valence electrons. The Balaban J connectivity index is 1.89. The number of hydrogen-bond donors (Lipinski definition) is 2. The van der Waals surface area contributed by atoms with E-state index in [1.165, 1.54) is 13.2 Å². The van der Waals surface area contributed by atoms with E-state index in [1.807, 2.05) is 12.1 Å². The van der Waals surface area contributed by atoms with Crippen LogP contribution < -0.4 is 10.1 Å². The highest BCUT2D eigenvalue weighted by molar-refractivity contribution is 6.31. The van der Waals surface area contributed by atoms with Gasteiger partial charge >= 0.3 is 0 Å². The molecule has 0 fully saturated rings. The quantitative estimate of drug-likeness (QED) is 0.860. The minimum Gasteiger partial charge on any atom is -0.494 e. The van der Waals surface area contributed by atoms with E-state index in [4.69, 9.17) is 16.3 Å². The van der Waals surface area contributed by atoms with Crippen molar-refractivity contribution >= 4 is 11.6 Å². The van der Waals surface area contributed by atoms with Gasteiger partial charge in [-0.15, -0.1) is 0 Å². The number of rotatable bonds is 6. The van der Waals surface area contributed by atoms with Gasteiger partial charge in [0.15, 0.2) is 11.6 Å². The summed E-state index contributed by atoms with van der Waals surface area (Å²) in [6, 6.07) is 11.9. The number of aliphatic hydroxyl groups is 1. The molecule has 5 heteroatoms.